The van der Waals surface area contributed by atoms with Crippen LogP contribution in [0.5, 0.6) is 5.75 Å². The Bertz CT molecular complexity index is 954. The first-order chi connectivity index (χ1) is 16.3. The molecule has 2 heterocycles. The molecular formula is C26H39ClN2O5S. The van der Waals surface area contributed by atoms with Crippen LogP contribution in [0.4, 0.5) is 0 Å². The van der Waals surface area contributed by atoms with E-state index in [2.05, 4.69) is 11.3 Å². The number of likely N-dealkylation sites (tertiary alicyclic amines) is 1. The Labute approximate surface area is 217 Å². The number of piperidine rings is 1. The minimum absolute atomic E-state index is 0.0369. The van der Waals surface area contributed by atoms with Gasteiger partial charge in [0, 0.05) is 23.7 Å². The predicted octanol–water partition coefficient (Wildman–Crippen LogP) is 4.70. The van der Waals surface area contributed by atoms with Crippen LogP contribution in [0, 0.1) is 12.8 Å². The van der Waals surface area contributed by atoms with Crippen LogP contribution in [0.25, 0.3) is 0 Å². The maximum Gasteiger partial charge on any atom is 0.254 e. The first kappa shape index (κ1) is 28.1. The Morgan fingerprint density at radius 1 is 1.37 bits per heavy atom. The number of amides is 1. The Kier molecular flexibility index (Phi) is 9.08. The van der Waals surface area contributed by atoms with E-state index in [1.807, 2.05) is 58.6 Å². The van der Waals surface area contributed by atoms with Gasteiger partial charge in [-0.25, -0.2) is 8.93 Å². The lowest BCUT2D eigenvalue weighted by Gasteiger charge is -2.38. The summed E-state index contributed by atoms with van der Waals surface area (Å²) in [5.74, 6) is 0.0575. The topological polar surface area (TPSA) is 77.1 Å². The Morgan fingerprint density at radius 2 is 2.03 bits per heavy atom. The van der Waals surface area contributed by atoms with Gasteiger partial charge < -0.3 is 19.1 Å². The van der Waals surface area contributed by atoms with Gasteiger partial charge in [-0.3, -0.25) is 4.79 Å². The summed E-state index contributed by atoms with van der Waals surface area (Å²) in [7, 11) is -1.31. The molecule has 2 saturated heterocycles. The van der Waals surface area contributed by atoms with Crippen molar-refractivity contribution in [3.05, 3.63) is 40.9 Å². The maximum absolute atomic E-state index is 13.2. The molecule has 9 heteroatoms. The lowest BCUT2D eigenvalue weighted by Crippen LogP contribution is -2.47. The second-order valence-electron chi connectivity index (χ2n) is 10.7. The molecule has 0 aliphatic carbocycles. The highest BCUT2D eigenvalue weighted by Gasteiger charge is 2.41. The first-order valence-corrected chi connectivity index (χ1v) is 13.7. The standard InChI is InChI=1S/C26H39ClN2O5S/c1-8-13-32-21-14-17(2)20(27)15-19(21)23(28-35(31)25(3,4)5)18-9-11-29(12-10-18)24(30)22-16-33-26(6,7)34-22/h8,14-15,18,22-23,28H,1,9-13,16H2,2-7H3/t22-,23-,35+/m1/s1. The average Bonchev–Trinajstić information content (AvgIpc) is 3.16. The number of nitrogens with one attached hydrogen (secondary N) is 1. The van der Waals surface area contributed by atoms with Gasteiger partial charge in [-0.05, 0) is 78.0 Å². The monoisotopic (exact) mass is 526 g/mol. The number of benzene rings is 1. The van der Waals surface area contributed by atoms with Crippen molar-refractivity contribution in [2.75, 3.05) is 26.3 Å². The van der Waals surface area contributed by atoms with Gasteiger partial charge in [0.15, 0.2) is 11.9 Å². The van der Waals surface area contributed by atoms with E-state index in [0.29, 0.717) is 30.5 Å². The third-order valence-corrected chi connectivity index (χ3v) is 8.37. The van der Waals surface area contributed by atoms with Gasteiger partial charge in [-0.2, -0.15) is 0 Å². The van der Waals surface area contributed by atoms with Gasteiger partial charge in [0.05, 0.1) is 28.4 Å². The van der Waals surface area contributed by atoms with E-state index in [-0.39, 0.29) is 24.5 Å². The van der Waals surface area contributed by atoms with Crippen LogP contribution in [0.3, 0.4) is 0 Å². The minimum atomic E-state index is -1.31. The highest BCUT2D eigenvalue weighted by molar-refractivity contribution is 7.84. The molecule has 2 aliphatic rings. The molecule has 0 saturated carbocycles. The normalized spacial score (nSPS) is 22.6. The molecule has 3 rings (SSSR count). The summed E-state index contributed by atoms with van der Waals surface area (Å²) in [6.45, 7) is 17.0. The van der Waals surface area contributed by atoms with Gasteiger partial charge in [-0.15, -0.1) is 0 Å². The van der Waals surface area contributed by atoms with Gasteiger partial charge in [0.2, 0.25) is 0 Å². The summed E-state index contributed by atoms with van der Waals surface area (Å²) in [5, 5.41) is 0.632. The maximum atomic E-state index is 13.2. The molecule has 1 N–H and O–H groups in total. The van der Waals surface area contributed by atoms with Gasteiger partial charge in [-0.1, -0.05) is 24.3 Å². The summed E-state index contributed by atoms with van der Waals surface area (Å²) in [6.07, 6.45) is 2.62. The van der Waals surface area contributed by atoms with Crippen molar-refractivity contribution in [1.82, 2.24) is 9.62 Å². The number of carbonyl (C=O) groups excluding carboxylic acids is 1. The molecule has 0 bridgehead atoms. The molecule has 7 nitrogen and oxygen atoms in total. The molecule has 0 aromatic heterocycles. The quantitative estimate of drug-likeness (QED) is 0.497. The summed E-state index contributed by atoms with van der Waals surface area (Å²) in [6, 6.07) is 3.58. The van der Waals surface area contributed by atoms with Crippen LogP contribution in [-0.4, -0.2) is 58.0 Å². The molecular weight excluding hydrogens is 488 g/mol. The number of carbonyl (C=O) groups is 1. The molecule has 2 aliphatic heterocycles. The van der Waals surface area contributed by atoms with Crippen molar-refractivity contribution < 1.29 is 23.2 Å². The van der Waals surface area contributed by atoms with Gasteiger partial charge >= 0.3 is 0 Å². The summed E-state index contributed by atoms with van der Waals surface area (Å²) < 4.78 is 33.5. The first-order valence-electron chi connectivity index (χ1n) is 12.1. The molecule has 1 aromatic rings. The zero-order valence-electron chi connectivity index (χ0n) is 21.7. The fraction of sp³-hybridized carbons (Fsp3) is 0.654. The van der Waals surface area contributed by atoms with Crippen LogP contribution in [0.1, 0.15) is 64.6 Å². The van der Waals surface area contributed by atoms with E-state index >= 15 is 0 Å². The lowest BCUT2D eigenvalue weighted by atomic mass is 9.85. The second kappa shape index (κ2) is 11.3. The fourth-order valence-corrected chi connectivity index (χ4v) is 5.43. The van der Waals surface area contributed by atoms with E-state index < -0.39 is 27.6 Å². The van der Waals surface area contributed by atoms with Crippen LogP contribution < -0.4 is 9.46 Å². The average molecular weight is 527 g/mol. The number of rotatable bonds is 8. The third-order valence-electron chi connectivity index (χ3n) is 6.38. The molecule has 2 fully saturated rings. The minimum Gasteiger partial charge on any atom is -0.489 e. The molecule has 35 heavy (non-hydrogen) atoms. The van der Waals surface area contributed by atoms with E-state index in [9.17, 15) is 9.00 Å². The zero-order valence-corrected chi connectivity index (χ0v) is 23.3. The van der Waals surface area contributed by atoms with Crippen molar-refractivity contribution in [3.63, 3.8) is 0 Å². The molecule has 3 atom stereocenters. The third kappa shape index (κ3) is 7.07. The summed E-state index contributed by atoms with van der Waals surface area (Å²) in [4.78, 5) is 14.9. The zero-order chi connectivity index (χ0) is 26.0. The number of hydrogen-bond acceptors (Lipinski definition) is 5. The van der Waals surface area contributed by atoms with E-state index in [1.54, 1.807) is 6.08 Å². The van der Waals surface area contributed by atoms with Crippen LogP contribution in [-0.2, 0) is 25.3 Å². The fourth-order valence-electron chi connectivity index (χ4n) is 4.36. The van der Waals surface area contributed by atoms with Crippen molar-refractivity contribution in [1.29, 1.82) is 0 Å². The highest BCUT2D eigenvalue weighted by atomic mass is 35.5. The number of nitrogens with zero attached hydrogens (tertiary/aromatic N) is 1. The van der Waals surface area contributed by atoms with Gasteiger partial charge in [0.1, 0.15) is 12.4 Å². The molecule has 0 radical (unpaired) electrons. The Morgan fingerprint density at radius 3 is 2.57 bits per heavy atom. The number of hydrogen-bond donors (Lipinski definition) is 1. The largest absolute Gasteiger partial charge is 0.489 e. The van der Waals surface area contributed by atoms with Crippen LogP contribution in [0.2, 0.25) is 5.02 Å². The lowest BCUT2D eigenvalue weighted by molar-refractivity contribution is -0.161. The van der Waals surface area contributed by atoms with Crippen molar-refractivity contribution >= 4 is 28.5 Å². The van der Waals surface area contributed by atoms with E-state index in [0.717, 1.165) is 24.0 Å². The summed E-state index contributed by atoms with van der Waals surface area (Å²) >= 11 is 6.53. The second-order valence-corrected chi connectivity index (χ2v) is 13.1. The summed E-state index contributed by atoms with van der Waals surface area (Å²) in [5.41, 5.74) is 1.78. The predicted molar refractivity (Wildman–Crippen MR) is 140 cm³/mol. The smallest absolute Gasteiger partial charge is 0.254 e. The molecule has 196 valence electrons. The van der Waals surface area contributed by atoms with E-state index in [1.165, 1.54) is 0 Å². The molecule has 1 amide bonds. The van der Waals surface area contributed by atoms with Gasteiger partial charge in [0.25, 0.3) is 5.91 Å². The molecule has 0 unspecified atom stereocenters. The SMILES string of the molecule is C=CCOc1cc(C)c(Cl)cc1[C@H](N[S@@](=O)C(C)(C)C)C1CCN(C(=O)[C@H]2COC(C)(C)O2)CC1. The van der Waals surface area contributed by atoms with E-state index in [4.69, 9.17) is 25.8 Å². The van der Waals surface area contributed by atoms with Crippen LogP contribution >= 0.6 is 11.6 Å². The number of ether oxygens (including phenoxy) is 3. The number of halogens is 1. The van der Waals surface area contributed by atoms with Crippen molar-refractivity contribution in [2.45, 2.75) is 77.1 Å². The van der Waals surface area contributed by atoms with Crippen molar-refractivity contribution in [2.24, 2.45) is 5.92 Å². The Hall–Kier alpha value is -1.45. The highest BCUT2D eigenvalue weighted by Crippen LogP contribution is 2.39. The van der Waals surface area contributed by atoms with Crippen molar-refractivity contribution in [3.8, 4) is 5.75 Å². The molecule has 1 aromatic carbocycles. The van der Waals surface area contributed by atoms with Crippen LogP contribution in [0.15, 0.2) is 24.8 Å². The Balaban J connectivity index is 1.83. The number of aryl methyl sites for hydroxylation is 1. The molecule has 0 spiro atoms.